The van der Waals surface area contributed by atoms with Crippen LogP contribution in [-0.2, 0) is 11.3 Å². The number of piperidine rings is 1. The number of amides is 1. The molecule has 1 fully saturated rings. The number of aromatic nitrogens is 1. The third-order valence-corrected chi connectivity index (χ3v) is 6.92. The molecule has 1 amide bonds. The Hall–Kier alpha value is -2.54. The first-order valence-electron chi connectivity index (χ1n) is 11.4. The number of rotatable bonds is 9. The lowest BCUT2D eigenvalue weighted by Gasteiger charge is -2.33. The zero-order valence-corrected chi connectivity index (χ0v) is 19.5. The maximum absolute atomic E-state index is 12.9. The van der Waals surface area contributed by atoms with Crippen molar-refractivity contribution in [2.45, 2.75) is 25.4 Å². The van der Waals surface area contributed by atoms with Crippen molar-refractivity contribution in [1.29, 1.82) is 0 Å². The van der Waals surface area contributed by atoms with Gasteiger partial charge in [-0.15, -0.1) is 11.3 Å². The average molecular weight is 449 g/mol. The van der Waals surface area contributed by atoms with E-state index in [1.165, 1.54) is 5.56 Å². The van der Waals surface area contributed by atoms with E-state index in [0.717, 1.165) is 49.6 Å². The van der Waals surface area contributed by atoms with E-state index in [2.05, 4.69) is 57.5 Å². The first-order valence-corrected chi connectivity index (χ1v) is 12.2. The van der Waals surface area contributed by atoms with Crippen molar-refractivity contribution in [3.63, 3.8) is 0 Å². The normalized spacial score (nSPS) is 16.2. The molecule has 0 spiro atoms. The molecule has 1 aromatic heterocycles. The minimum absolute atomic E-state index is 0.0636. The van der Waals surface area contributed by atoms with Crippen LogP contribution in [0.25, 0.3) is 0 Å². The molecule has 1 unspecified atom stereocenters. The van der Waals surface area contributed by atoms with Gasteiger partial charge in [-0.1, -0.05) is 60.7 Å². The number of hydrogen-bond acceptors (Lipinski definition) is 5. The molecule has 1 saturated heterocycles. The molecule has 6 heteroatoms. The summed E-state index contributed by atoms with van der Waals surface area (Å²) in [6.45, 7) is 4.49. The standard InChI is InChI=1S/C26H32N4OS/c1-29(18-21-8-4-2-5-9-21)19-22-12-15-30(16-13-22)20-24(31)28-25(26-27-14-17-32-26)23-10-6-3-7-11-23/h2-11,14,17,22,25H,12-13,15-16,18-20H2,1H3,(H,28,31). The van der Waals surface area contributed by atoms with Crippen LogP contribution >= 0.6 is 11.3 Å². The van der Waals surface area contributed by atoms with E-state index in [-0.39, 0.29) is 11.9 Å². The summed E-state index contributed by atoms with van der Waals surface area (Å²) in [7, 11) is 2.20. The highest BCUT2D eigenvalue weighted by atomic mass is 32.1. The van der Waals surface area contributed by atoms with Crippen molar-refractivity contribution >= 4 is 17.2 Å². The molecular weight excluding hydrogens is 416 g/mol. The molecule has 0 bridgehead atoms. The molecule has 1 atom stereocenters. The second-order valence-electron chi connectivity index (χ2n) is 8.68. The van der Waals surface area contributed by atoms with E-state index < -0.39 is 0 Å². The number of carbonyl (C=O) groups is 1. The second kappa shape index (κ2) is 11.4. The average Bonchev–Trinajstić information content (AvgIpc) is 3.35. The van der Waals surface area contributed by atoms with Crippen LogP contribution in [0.15, 0.2) is 72.2 Å². The van der Waals surface area contributed by atoms with Gasteiger partial charge in [-0.3, -0.25) is 9.69 Å². The van der Waals surface area contributed by atoms with Gasteiger partial charge in [0.05, 0.1) is 6.54 Å². The van der Waals surface area contributed by atoms with Gasteiger partial charge in [0.25, 0.3) is 0 Å². The number of hydrogen-bond donors (Lipinski definition) is 1. The van der Waals surface area contributed by atoms with Gasteiger partial charge in [-0.05, 0) is 50.0 Å². The van der Waals surface area contributed by atoms with Crippen LogP contribution in [0.2, 0.25) is 0 Å². The predicted molar refractivity (Wildman–Crippen MR) is 130 cm³/mol. The molecule has 4 rings (SSSR count). The largest absolute Gasteiger partial charge is 0.342 e. The van der Waals surface area contributed by atoms with Gasteiger partial charge in [0, 0.05) is 24.7 Å². The fourth-order valence-electron chi connectivity index (χ4n) is 4.45. The van der Waals surface area contributed by atoms with Crippen molar-refractivity contribution in [1.82, 2.24) is 20.1 Å². The van der Waals surface area contributed by atoms with Crippen LogP contribution in [-0.4, -0.2) is 53.9 Å². The Bertz CT molecular complexity index is 940. The third kappa shape index (κ3) is 6.48. The lowest BCUT2D eigenvalue weighted by atomic mass is 9.96. The Balaban J connectivity index is 1.24. The summed E-state index contributed by atoms with van der Waals surface area (Å²) in [4.78, 5) is 22.0. The molecule has 168 valence electrons. The second-order valence-corrected chi connectivity index (χ2v) is 9.61. The Kier molecular flexibility index (Phi) is 8.04. The first kappa shape index (κ1) is 22.6. The highest BCUT2D eigenvalue weighted by Gasteiger charge is 2.24. The quantitative estimate of drug-likeness (QED) is 0.533. The third-order valence-electron chi connectivity index (χ3n) is 6.08. The maximum atomic E-state index is 12.9. The van der Waals surface area contributed by atoms with Crippen molar-refractivity contribution in [2.75, 3.05) is 33.2 Å². The van der Waals surface area contributed by atoms with Crippen molar-refractivity contribution < 1.29 is 4.79 Å². The monoisotopic (exact) mass is 448 g/mol. The Labute approximate surface area is 195 Å². The molecule has 32 heavy (non-hydrogen) atoms. The van der Waals surface area contributed by atoms with Crippen LogP contribution in [0.1, 0.15) is 35.0 Å². The van der Waals surface area contributed by atoms with E-state index in [1.807, 2.05) is 35.7 Å². The summed E-state index contributed by atoms with van der Waals surface area (Å²) in [5.41, 5.74) is 2.42. The van der Waals surface area contributed by atoms with Crippen molar-refractivity contribution in [3.8, 4) is 0 Å². The summed E-state index contributed by atoms with van der Waals surface area (Å²) < 4.78 is 0. The summed E-state index contributed by atoms with van der Waals surface area (Å²) in [6.07, 6.45) is 4.07. The molecule has 1 aliphatic rings. The lowest BCUT2D eigenvalue weighted by Crippen LogP contribution is -2.44. The van der Waals surface area contributed by atoms with E-state index in [0.29, 0.717) is 12.5 Å². The van der Waals surface area contributed by atoms with Gasteiger partial charge in [0.2, 0.25) is 5.91 Å². The van der Waals surface area contributed by atoms with Gasteiger partial charge in [-0.2, -0.15) is 0 Å². The van der Waals surface area contributed by atoms with Crippen molar-refractivity contribution in [3.05, 3.63) is 88.4 Å². The molecule has 0 saturated carbocycles. The van der Waals surface area contributed by atoms with Gasteiger partial charge in [0.15, 0.2) is 0 Å². The highest BCUT2D eigenvalue weighted by molar-refractivity contribution is 7.09. The summed E-state index contributed by atoms with van der Waals surface area (Å²) >= 11 is 1.58. The molecule has 1 N–H and O–H groups in total. The highest BCUT2D eigenvalue weighted by Crippen LogP contribution is 2.24. The zero-order chi connectivity index (χ0) is 22.2. The molecule has 2 aromatic carbocycles. The molecule has 3 aromatic rings. The fraction of sp³-hybridized carbons (Fsp3) is 0.385. The number of benzene rings is 2. The minimum Gasteiger partial charge on any atom is -0.342 e. The van der Waals surface area contributed by atoms with Crippen molar-refractivity contribution in [2.24, 2.45) is 5.92 Å². The van der Waals surface area contributed by atoms with E-state index >= 15 is 0 Å². The van der Waals surface area contributed by atoms with Gasteiger partial charge >= 0.3 is 0 Å². The van der Waals surface area contributed by atoms with E-state index in [4.69, 9.17) is 0 Å². The molecule has 2 heterocycles. The van der Waals surface area contributed by atoms with Gasteiger partial charge in [0.1, 0.15) is 11.0 Å². The van der Waals surface area contributed by atoms with Gasteiger partial charge < -0.3 is 10.2 Å². The number of nitrogens with zero attached hydrogens (tertiary/aromatic N) is 3. The predicted octanol–water partition coefficient (Wildman–Crippen LogP) is 4.19. The van der Waals surface area contributed by atoms with Gasteiger partial charge in [-0.25, -0.2) is 4.98 Å². The Morgan fingerprint density at radius 2 is 1.81 bits per heavy atom. The van der Waals surface area contributed by atoms with Crippen LogP contribution in [0, 0.1) is 5.92 Å². The summed E-state index contributed by atoms with van der Waals surface area (Å²) in [5.74, 6) is 0.754. The zero-order valence-electron chi connectivity index (χ0n) is 18.7. The minimum atomic E-state index is -0.187. The maximum Gasteiger partial charge on any atom is 0.235 e. The first-order chi connectivity index (χ1) is 15.7. The SMILES string of the molecule is CN(Cc1ccccc1)CC1CCN(CC(=O)NC(c2ccccc2)c2nccs2)CC1. The smallest absolute Gasteiger partial charge is 0.235 e. The van der Waals surface area contributed by atoms with Crippen LogP contribution in [0.5, 0.6) is 0 Å². The summed E-state index contributed by atoms with van der Waals surface area (Å²) in [5, 5.41) is 6.09. The van der Waals surface area contributed by atoms with Crippen LogP contribution in [0.4, 0.5) is 0 Å². The molecule has 0 aliphatic carbocycles. The summed E-state index contributed by atoms with van der Waals surface area (Å²) in [6, 6.07) is 20.5. The number of nitrogens with one attached hydrogen (secondary N) is 1. The topological polar surface area (TPSA) is 48.5 Å². The molecular formula is C26H32N4OS. The van der Waals surface area contributed by atoms with E-state index in [9.17, 15) is 4.79 Å². The number of carbonyl (C=O) groups excluding carboxylic acids is 1. The Morgan fingerprint density at radius 3 is 2.47 bits per heavy atom. The van der Waals surface area contributed by atoms with E-state index in [1.54, 1.807) is 17.5 Å². The molecule has 0 radical (unpaired) electrons. The number of thiazole rings is 1. The Morgan fingerprint density at radius 1 is 1.12 bits per heavy atom. The van der Waals surface area contributed by atoms with Crippen LogP contribution < -0.4 is 5.32 Å². The fourth-order valence-corrected chi connectivity index (χ4v) is 5.16. The lowest BCUT2D eigenvalue weighted by molar-refractivity contribution is -0.123. The van der Waals surface area contributed by atoms with Crippen LogP contribution in [0.3, 0.4) is 0 Å². The molecule has 5 nitrogen and oxygen atoms in total. The molecule has 1 aliphatic heterocycles. The number of likely N-dealkylation sites (tertiary alicyclic amines) is 1.